The van der Waals surface area contributed by atoms with Gasteiger partial charge in [-0.15, -0.1) is 0 Å². The summed E-state index contributed by atoms with van der Waals surface area (Å²) in [6, 6.07) is -6.15. The van der Waals surface area contributed by atoms with Crippen molar-refractivity contribution < 1.29 is 103 Å². The van der Waals surface area contributed by atoms with Crippen LogP contribution in [0.3, 0.4) is 0 Å². The van der Waals surface area contributed by atoms with E-state index in [-0.39, 0.29) is 0 Å². The summed E-state index contributed by atoms with van der Waals surface area (Å²) in [4.78, 5) is 48.5. The summed E-state index contributed by atoms with van der Waals surface area (Å²) in [5.74, 6) is -2.84. The number of aliphatic hydroxyl groups is 10. The van der Waals surface area contributed by atoms with E-state index in [1.165, 1.54) is 0 Å². The highest BCUT2D eigenvalue weighted by atomic mass is 16.8. The normalized spacial score (nSPS) is 43.8. The lowest BCUT2D eigenvalue weighted by molar-refractivity contribution is -0.362. The van der Waals surface area contributed by atoms with Crippen molar-refractivity contribution in [2.75, 3.05) is 26.4 Å². The van der Waals surface area contributed by atoms with E-state index in [0.717, 1.165) is 27.7 Å². The predicted molar refractivity (Wildman–Crippen MR) is 180 cm³/mol. The molecular formula is C32H54N4O21. The van der Waals surface area contributed by atoms with Gasteiger partial charge in [0.05, 0.1) is 26.4 Å². The van der Waals surface area contributed by atoms with E-state index in [1.54, 1.807) is 0 Å². The van der Waals surface area contributed by atoms with E-state index in [4.69, 9.17) is 33.2 Å². The van der Waals surface area contributed by atoms with Gasteiger partial charge < -0.3 is 105 Å². The second-order valence-electron chi connectivity index (χ2n) is 14.1. The zero-order valence-corrected chi connectivity index (χ0v) is 31.3. The van der Waals surface area contributed by atoms with Crippen LogP contribution in [0, 0.1) is 0 Å². The van der Waals surface area contributed by atoms with E-state index < -0.39 is 173 Å². The molecule has 57 heavy (non-hydrogen) atoms. The summed E-state index contributed by atoms with van der Waals surface area (Å²) < 4.78 is 40.6. The summed E-state index contributed by atoms with van der Waals surface area (Å²) >= 11 is 0. The van der Waals surface area contributed by atoms with Gasteiger partial charge in [-0.1, -0.05) is 0 Å². The number of carbonyl (C=O) groups is 4. The van der Waals surface area contributed by atoms with Gasteiger partial charge in [0.1, 0.15) is 97.4 Å². The molecule has 0 saturated carbocycles. The largest absolute Gasteiger partial charge is 0.394 e. The van der Waals surface area contributed by atoms with Crippen molar-refractivity contribution in [3.63, 3.8) is 0 Å². The minimum Gasteiger partial charge on any atom is -0.394 e. The van der Waals surface area contributed by atoms with E-state index in [9.17, 15) is 70.2 Å². The molecular weight excluding hydrogens is 776 g/mol. The van der Waals surface area contributed by atoms with Crippen LogP contribution in [-0.4, -0.2) is 224 Å². The number of aliphatic hydroxyl groups excluding tert-OH is 10. The molecule has 4 heterocycles. The monoisotopic (exact) mass is 830 g/mol. The molecule has 0 unspecified atom stereocenters. The molecule has 4 amide bonds. The van der Waals surface area contributed by atoms with Crippen molar-refractivity contribution in [3.8, 4) is 0 Å². The van der Waals surface area contributed by atoms with E-state index in [0.29, 0.717) is 0 Å². The molecule has 14 N–H and O–H groups in total. The fourth-order valence-corrected chi connectivity index (χ4v) is 7.17. The maximum absolute atomic E-state index is 12.4. The molecule has 328 valence electrons. The minimum absolute atomic E-state index is 0.664. The standard InChI is InChI=1S/C32H54N4O21/c1-9(41)33-17-23(47)26(14(6-38)51-29(17)50)55-31-19(35-11(3)43)25(49)28(16(8-40)53-31)57-32-20(36-12(4)44)24(48)27(15(7-39)54-32)56-30-18(34-10(2)42)22(46)21(45)13(5-37)52-30/h13-32,37-40,45-50H,5-8H2,1-4H3,(H,33,41)(H,34,42)(H,35,43)(H,36,44)/t13-,14-,15-,16-,17-,18-,19-,20-,21-,22-,23-,24-,25-,26-,27-,28-,29-,30+,31+,32+/m1/s1. The Morgan fingerprint density at radius 2 is 0.702 bits per heavy atom. The average molecular weight is 831 g/mol. The quantitative estimate of drug-likeness (QED) is 0.0773. The Kier molecular flexibility index (Phi) is 16.8. The second kappa shape index (κ2) is 20.4. The fourth-order valence-electron chi connectivity index (χ4n) is 7.17. The highest BCUT2D eigenvalue weighted by Crippen LogP contribution is 2.34. The molecule has 20 atom stereocenters. The van der Waals surface area contributed by atoms with Gasteiger partial charge in [-0.3, -0.25) is 19.2 Å². The Morgan fingerprint density at radius 3 is 1.04 bits per heavy atom. The third-order valence-corrected chi connectivity index (χ3v) is 9.81. The SMILES string of the molecule is CC(=O)N[C@@H]1[C@@H](O)[C@H](O[C@@H]2O[C@H](CO)[C@@H](O[C@@H]3O[C@H](CO)[C@@H](O[C@@H]4O[C@H](CO)[C@@H](O)[C@H](O)[C@H]4NC(C)=O)[C@H](O)[C@H]3NC(C)=O)[C@H](O)[C@H]2NC(C)=O)[C@@H](CO)O[C@H]1O. The number of carbonyl (C=O) groups excluding carboxylic acids is 4. The first-order valence-electron chi connectivity index (χ1n) is 18.1. The number of hydrogen-bond acceptors (Lipinski definition) is 21. The van der Waals surface area contributed by atoms with Crippen LogP contribution in [0.5, 0.6) is 0 Å². The zero-order valence-electron chi connectivity index (χ0n) is 31.3. The van der Waals surface area contributed by atoms with Gasteiger partial charge in [-0.2, -0.15) is 0 Å². The molecule has 4 saturated heterocycles. The number of amides is 4. The first-order chi connectivity index (χ1) is 26.9. The van der Waals surface area contributed by atoms with Crippen molar-refractivity contribution >= 4 is 23.6 Å². The number of nitrogens with one attached hydrogen (secondary N) is 4. The van der Waals surface area contributed by atoms with Crippen LogP contribution in [0.15, 0.2) is 0 Å². The van der Waals surface area contributed by atoms with Crippen LogP contribution >= 0.6 is 0 Å². The third kappa shape index (κ3) is 10.9. The number of hydrogen-bond donors (Lipinski definition) is 14. The Hall–Kier alpha value is -2.80. The van der Waals surface area contributed by atoms with Gasteiger partial charge in [0.25, 0.3) is 0 Å². The Balaban J connectivity index is 1.61. The molecule has 25 nitrogen and oxygen atoms in total. The van der Waals surface area contributed by atoms with Gasteiger partial charge >= 0.3 is 0 Å². The molecule has 4 fully saturated rings. The predicted octanol–water partition coefficient (Wildman–Crippen LogP) is -9.17. The topological polar surface area (TPSA) is 383 Å². The molecule has 4 aliphatic heterocycles. The summed E-state index contributed by atoms with van der Waals surface area (Å²) in [6.45, 7) is 0.884. The molecule has 0 aromatic heterocycles. The summed E-state index contributed by atoms with van der Waals surface area (Å²) in [6.07, 6.45) is -26.9. The molecule has 0 aliphatic carbocycles. The Morgan fingerprint density at radius 1 is 0.421 bits per heavy atom. The summed E-state index contributed by atoms with van der Waals surface area (Å²) in [7, 11) is 0. The minimum atomic E-state index is -1.89. The maximum Gasteiger partial charge on any atom is 0.217 e. The lowest BCUT2D eigenvalue weighted by Gasteiger charge is -2.51. The molecule has 4 rings (SSSR count). The maximum atomic E-state index is 12.4. The van der Waals surface area contributed by atoms with Crippen molar-refractivity contribution in [1.29, 1.82) is 0 Å². The van der Waals surface area contributed by atoms with Crippen molar-refractivity contribution in [2.24, 2.45) is 0 Å². The number of rotatable bonds is 14. The average Bonchev–Trinajstić information content (AvgIpc) is 3.14. The van der Waals surface area contributed by atoms with E-state index >= 15 is 0 Å². The van der Waals surface area contributed by atoms with Gasteiger partial charge in [0, 0.05) is 27.7 Å². The summed E-state index contributed by atoms with van der Waals surface area (Å²) in [5, 5.41) is 116. The van der Waals surface area contributed by atoms with Gasteiger partial charge in [0.15, 0.2) is 25.2 Å². The van der Waals surface area contributed by atoms with E-state index in [2.05, 4.69) is 21.3 Å². The van der Waals surface area contributed by atoms with Crippen LogP contribution in [0.1, 0.15) is 27.7 Å². The first-order valence-corrected chi connectivity index (χ1v) is 18.1. The fraction of sp³-hybridized carbons (Fsp3) is 0.875. The summed E-state index contributed by atoms with van der Waals surface area (Å²) in [5.41, 5.74) is 0. The lowest BCUT2D eigenvalue weighted by atomic mass is 9.93. The first kappa shape index (κ1) is 46.9. The van der Waals surface area contributed by atoms with Crippen molar-refractivity contribution in [3.05, 3.63) is 0 Å². The highest BCUT2D eigenvalue weighted by Gasteiger charge is 2.56. The van der Waals surface area contributed by atoms with E-state index in [1.807, 2.05) is 0 Å². The van der Waals surface area contributed by atoms with Crippen LogP contribution in [0.2, 0.25) is 0 Å². The van der Waals surface area contributed by atoms with Gasteiger partial charge in [0.2, 0.25) is 23.6 Å². The molecule has 25 heteroatoms. The third-order valence-electron chi connectivity index (χ3n) is 9.81. The van der Waals surface area contributed by atoms with Crippen LogP contribution in [0.4, 0.5) is 0 Å². The van der Waals surface area contributed by atoms with Gasteiger partial charge in [-0.25, -0.2) is 0 Å². The molecule has 0 bridgehead atoms. The smallest absolute Gasteiger partial charge is 0.217 e. The lowest BCUT2D eigenvalue weighted by Crippen LogP contribution is -2.71. The van der Waals surface area contributed by atoms with Crippen LogP contribution in [-0.2, 0) is 52.3 Å². The number of ether oxygens (including phenoxy) is 7. The van der Waals surface area contributed by atoms with Gasteiger partial charge in [-0.05, 0) is 0 Å². The highest BCUT2D eigenvalue weighted by molar-refractivity contribution is 5.74. The molecule has 4 aliphatic rings. The van der Waals surface area contributed by atoms with Crippen molar-refractivity contribution in [2.45, 2.75) is 150 Å². The molecule has 0 radical (unpaired) electrons. The molecule has 0 aromatic carbocycles. The zero-order chi connectivity index (χ0) is 42.5. The van der Waals surface area contributed by atoms with Crippen LogP contribution < -0.4 is 21.3 Å². The molecule has 0 spiro atoms. The Labute approximate surface area is 325 Å². The molecule has 0 aromatic rings. The Bertz CT molecular complexity index is 1370. The van der Waals surface area contributed by atoms with Crippen molar-refractivity contribution in [1.82, 2.24) is 21.3 Å². The second-order valence-corrected chi connectivity index (χ2v) is 14.1. The van der Waals surface area contributed by atoms with Crippen LogP contribution in [0.25, 0.3) is 0 Å².